The van der Waals surface area contributed by atoms with E-state index < -0.39 is 40.8 Å². The summed E-state index contributed by atoms with van der Waals surface area (Å²) in [5.41, 5.74) is -0.310. The van der Waals surface area contributed by atoms with Crippen LogP contribution in [0, 0.1) is 5.92 Å². The maximum Gasteiger partial charge on any atom is 0.330 e. The SMILES string of the molecule is CNC(=O)C1=C(C)C2C(=O)N(C3(C(=O)O)CC3)C(=O)N(C[C@H](OC3CCOCC3)c3ccccc3OC)C2S1. The van der Waals surface area contributed by atoms with Gasteiger partial charge in [0.15, 0.2) is 0 Å². The van der Waals surface area contributed by atoms with E-state index in [-0.39, 0.29) is 31.4 Å². The number of carbonyl (C=O) groups excluding carboxylic acids is 3. The van der Waals surface area contributed by atoms with Gasteiger partial charge in [-0.05, 0) is 44.2 Å². The van der Waals surface area contributed by atoms with E-state index in [1.165, 1.54) is 11.9 Å². The maximum atomic E-state index is 14.1. The molecule has 4 aliphatic rings. The number of methoxy groups -OCH3 is 1. The predicted molar refractivity (Wildman–Crippen MR) is 141 cm³/mol. The Balaban J connectivity index is 1.55. The fourth-order valence-electron chi connectivity index (χ4n) is 5.60. The summed E-state index contributed by atoms with van der Waals surface area (Å²) in [6.07, 6.45) is 1.01. The van der Waals surface area contributed by atoms with Gasteiger partial charge in [0, 0.05) is 25.8 Å². The van der Waals surface area contributed by atoms with Crippen molar-refractivity contribution in [1.29, 1.82) is 0 Å². The van der Waals surface area contributed by atoms with Gasteiger partial charge in [0.25, 0.3) is 5.91 Å². The quantitative estimate of drug-likeness (QED) is 0.468. The minimum Gasteiger partial charge on any atom is -0.496 e. The number of imide groups is 1. The number of benzene rings is 1. The molecule has 39 heavy (non-hydrogen) atoms. The molecule has 1 saturated carbocycles. The van der Waals surface area contributed by atoms with Gasteiger partial charge in [-0.15, -0.1) is 0 Å². The fourth-order valence-corrected chi connectivity index (χ4v) is 7.13. The number of thioether (sulfide) groups is 1. The van der Waals surface area contributed by atoms with Gasteiger partial charge in [0.05, 0.1) is 36.0 Å². The first-order valence-electron chi connectivity index (χ1n) is 13.1. The zero-order valence-electron chi connectivity index (χ0n) is 22.2. The second-order valence-electron chi connectivity index (χ2n) is 10.2. The van der Waals surface area contributed by atoms with Crippen LogP contribution in [-0.4, -0.2) is 89.7 Å². The number of carbonyl (C=O) groups is 4. The van der Waals surface area contributed by atoms with Gasteiger partial charge in [0.1, 0.15) is 17.4 Å². The Bertz CT molecular complexity index is 1210. The van der Waals surface area contributed by atoms with Crippen LogP contribution in [0.5, 0.6) is 5.75 Å². The van der Waals surface area contributed by atoms with Crippen molar-refractivity contribution >= 4 is 35.6 Å². The van der Waals surface area contributed by atoms with Gasteiger partial charge in [-0.25, -0.2) is 14.5 Å². The second kappa shape index (κ2) is 10.8. The summed E-state index contributed by atoms with van der Waals surface area (Å²) >= 11 is 1.16. The van der Waals surface area contributed by atoms with Crippen molar-refractivity contribution < 1.29 is 38.5 Å². The van der Waals surface area contributed by atoms with E-state index in [4.69, 9.17) is 14.2 Å². The number of ether oxygens (including phenoxy) is 3. The van der Waals surface area contributed by atoms with Gasteiger partial charge in [0.2, 0.25) is 5.91 Å². The molecule has 3 heterocycles. The van der Waals surface area contributed by atoms with Gasteiger partial charge in [-0.3, -0.25) is 9.59 Å². The molecule has 0 bridgehead atoms. The number of rotatable bonds is 9. The lowest BCUT2D eigenvalue weighted by Crippen LogP contribution is -2.65. The number of hydrogen-bond acceptors (Lipinski definition) is 8. The van der Waals surface area contributed by atoms with Crippen molar-refractivity contribution in [2.45, 2.75) is 55.7 Å². The van der Waals surface area contributed by atoms with Crippen molar-refractivity contribution in [3.05, 3.63) is 40.3 Å². The first-order valence-corrected chi connectivity index (χ1v) is 13.9. The topological polar surface area (TPSA) is 135 Å². The number of fused-ring (bicyclic) bond motifs is 1. The van der Waals surface area contributed by atoms with Crippen LogP contribution in [0.1, 0.15) is 44.3 Å². The van der Waals surface area contributed by atoms with E-state index in [1.807, 2.05) is 24.3 Å². The molecular weight excluding hydrogens is 526 g/mol. The van der Waals surface area contributed by atoms with Gasteiger partial charge < -0.3 is 29.5 Å². The molecule has 3 fully saturated rings. The standard InChI is InChI=1S/C27H33N3O8S/c1-15-20-23(32)30(27(10-11-27)25(33)34)26(35)29(24(20)39-21(15)22(31)28-2)14-19(38-16-8-12-37-13-9-16)17-6-4-5-7-18(17)36-3/h4-7,16,19-20,24H,8-14H2,1-3H3,(H,28,31)(H,33,34)/t19-,20?,24?/m0/s1. The molecule has 2 saturated heterocycles. The molecule has 5 rings (SSSR count). The number of para-hydroxylation sites is 1. The maximum absolute atomic E-state index is 14.1. The number of nitrogens with zero attached hydrogens (tertiary/aromatic N) is 2. The van der Waals surface area contributed by atoms with Crippen LogP contribution >= 0.6 is 11.8 Å². The minimum atomic E-state index is -1.57. The lowest BCUT2D eigenvalue weighted by atomic mass is 9.93. The zero-order chi connectivity index (χ0) is 27.9. The molecule has 0 radical (unpaired) electrons. The highest BCUT2D eigenvalue weighted by molar-refractivity contribution is 8.04. The Labute approximate surface area is 230 Å². The lowest BCUT2D eigenvalue weighted by molar-refractivity contribution is -0.153. The second-order valence-corrected chi connectivity index (χ2v) is 11.3. The van der Waals surface area contributed by atoms with Crippen LogP contribution in [-0.2, 0) is 23.9 Å². The van der Waals surface area contributed by atoms with Crippen molar-refractivity contribution in [3.63, 3.8) is 0 Å². The average molecular weight is 560 g/mol. The molecule has 2 N–H and O–H groups in total. The number of carboxylic acid groups (broad SMARTS) is 1. The van der Waals surface area contributed by atoms with Crippen molar-refractivity contribution in [1.82, 2.24) is 15.1 Å². The molecule has 210 valence electrons. The predicted octanol–water partition coefficient (Wildman–Crippen LogP) is 2.52. The van der Waals surface area contributed by atoms with Gasteiger partial charge >= 0.3 is 12.0 Å². The third kappa shape index (κ3) is 4.78. The van der Waals surface area contributed by atoms with Crippen LogP contribution in [0.4, 0.5) is 4.79 Å². The molecule has 0 aromatic heterocycles. The molecular formula is C27H33N3O8S. The number of hydrogen-bond donors (Lipinski definition) is 2. The highest BCUT2D eigenvalue weighted by Gasteiger charge is 2.65. The number of amides is 4. The van der Waals surface area contributed by atoms with E-state index in [1.54, 1.807) is 14.0 Å². The lowest BCUT2D eigenvalue weighted by Gasteiger charge is -2.45. The Morgan fingerprint density at radius 1 is 1.23 bits per heavy atom. The fraction of sp³-hybridized carbons (Fsp3) is 0.556. The van der Waals surface area contributed by atoms with Crippen molar-refractivity contribution in [2.24, 2.45) is 5.92 Å². The Hall–Kier alpha value is -3.09. The van der Waals surface area contributed by atoms with Crippen LogP contribution in [0.25, 0.3) is 0 Å². The first-order chi connectivity index (χ1) is 18.7. The monoisotopic (exact) mass is 559 g/mol. The smallest absolute Gasteiger partial charge is 0.330 e. The van der Waals surface area contributed by atoms with Crippen LogP contribution in [0.3, 0.4) is 0 Å². The van der Waals surface area contributed by atoms with E-state index in [9.17, 15) is 24.3 Å². The molecule has 3 aliphatic heterocycles. The number of nitrogens with one attached hydrogen (secondary N) is 1. The highest BCUT2D eigenvalue weighted by atomic mass is 32.2. The number of aliphatic carboxylic acids is 1. The summed E-state index contributed by atoms with van der Waals surface area (Å²) in [7, 11) is 3.07. The molecule has 1 aliphatic carbocycles. The number of carboxylic acids is 1. The third-order valence-corrected chi connectivity index (χ3v) is 9.45. The van der Waals surface area contributed by atoms with E-state index in [0.717, 1.165) is 22.2 Å². The highest BCUT2D eigenvalue weighted by Crippen LogP contribution is 2.52. The van der Waals surface area contributed by atoms with Crippen LogP contribution in [0.2, 0.25) is 0 Å². The Morgan fingerprint density at radius 2 is 1.92 bits per heavy atom. The molecule has 4 amide bonds. The van der Waals surface area contributed by atoms with Crippen molar-refractivity contribution in [2.75, 3.05) is 33.9 Å². The summed E-state index contributed by atoms with van der Waals surface area (Å²) in [6.45, 7) is 2.87. The Kier molecular flexibility index (Phi) is 7.62. The summed E-state index contributed by atoms with van der Waals surface area (Å²) in [6, 6.07) is 6.71. The molecule has 11 nitrogen and oxygen atoms in total. The molecule has 12 heteroatoms. The number of likely N-dealkylation sites (N-methyl/N-ethyl adjacent to an activating group) is 1. The van der Waals surface area contributed by atoms with E-state index in [2.05, 4.69) is 5.32 Å². The van der Waals surface area contributed by atoms with Gasteiger partial charge in [-0.1, -0.05) is 30.0 Å². The minimum absolute atomic E-state index is 0.0402. The normalized spacial score (nSPS) is 25.4. The largest absolute Gasteiger partial charge is 0.496 e. The van der Waals surface area contributed by atoms with Crippen molar-refractivity contribution in [3.8, 4) is 5.75 Å². The first kappa shape index (κ1) is 27.5. The number of urea groups is 1. The molecule has 3 atom stereocenters. The van der Waals surface area contributed by atoms with Crippen LogP contribution < -0.4 is 10.1 Å². The summed E-state index contributed by atoms with van der Waals surface area (Å²) in [5, 5.41) is 11.9. The summed E-state index contributed by atoms with van der Waals surface area (Å²) in [4.78, 5) is 55.6. The third-order valence-electron chi connectivity index (χ3n) is 7.94. The molecule has 0 spiro atoms. The van der Waals surface area contributed by atoms with E-state index >= 15 is 0 Å². The zero-order valence-corrected chi connectivity index (χ0v) is 23.0. The average Bonchev–Trinajstić information content (AvgIpc) is 3.67. The van der Waals surface area contributed by atoms with E-state index in [0.29, 0.717) is 42.3 Å². The molecule has 1 aromatic rings. The molecule has 1 aromatic carbocycles. The molecule has 2 unspecified atom stereocenters. The summed E-state index contributed by atoms with van der Waals surface area (Å²) in [5.74, 6) is -2.39. The van der Waals surface area contributed by atoms with Crippen LogP contribution in [0.15, 0.2) is 34.7 Å². The van der Waals surface area contributed by atoms with Gasteiger partial charge in [-0.2, -0.15) is 0 Å². The Morgan fingerprint density at radius 3 is 2.54 bits per heavy atom. The summed E-state index contributed by atoms with van der Waals surface area (Å²) < 4.78 is 17.7.